The number of hydrogen-bond donors (Lipinski definition) is 0. The Morgan fingerprint density at radius 3 is 2.52 bits per heavy atom. The summed E-state index contributed by atoms with van der Waals surface area (Å²) in [6.45, 7) is 0. The molecule has 5 rings (SSSR count). The van der Waals surface area contributed by atoms with Crippen LogP contribution in [-0.2, 0) is 9.84 Å². The summed E-state index contributed by atoms with van der Waals surface area (Å²) in [7, 11) is -2.86. The molecule has 0 aromatic carbocycles. The number of allylic oxidation sites excluding steroid dienone is 2. The van der Waals surface area contributed by atoms with Crippen molar-refractivity contribution in [1.82, 2.24) is 0 Å². The van der Waals surface area contributed by atoms with Gasteiger partial charge < -0.3 is 0 Å². The molecule has 0 aromatic heterocycles. The molecule has 6 atom stereocenters. The number of rotatable bonds is 0. The van der Waals surface area contributed by atoms with E-state index in [2.05, 4.69) is 12.2 Å². The molecule has 5 aliphatic rings. The van der Waals surface area contributed by atoms with E-state index in [0.29, 0.717) is 17.4 Å². The standard InChI is InChI=1S/C20H30O2S/c21-23(22)13-19-10-3-4-11-20(19,14-23)18-16(9-12-19)8-7-15-5-1-2-6-17(15)18/h3-4,15-18H,1-2,5-14H2/t15-,16-,17-,18-,19-,20+/m1/s1. The molecule has 4 fully saturated rings. The highest BCUT2D eigenvalue weighted by Gasteiger charge is 2.68. The molecular weight excluding hydrogens is 304 g/mol. The van der Waals surface area contributed by atoms with Gasteiger partial charge in [-0.25, -0.2) is 8.42 Å². The van der Waals surface area contributed by atoms with Gasteiger partial charge in [-0.3, -0.25) is 0 Å². The van der Waals surface area contributed by atoms with E-state index in [1.165, 1.54) is 51.4 Å². The van der Waals surface area contributed by atoms with Gasteiger partial charge in [0.2, 0.25) is 0 Å². The lowest BCUT2D eigenvalue weighted by Gasteiger charge is -2.63. The molecule has 4 aliphatic carbocycles. The fourth-order valence-electron chi connectivity index (χ4n) is 7.98. The lowest BCUT2D eigenvalue weighted by Crippen LogP contribution is -2.58. The van der Waals surface area contributed by atoms with Crippen LogP contribution in [0, 0.1) is 34.5 Å². The minimum absolute atomic E-state index is 0.0983. The summed E-state index contributed by atoms with van der Waals surface area (Å²) >= 11 is 0. The topological polar surface area (TPSA) is 34.1 Å². The van der Waals surface area contributed by atoms with Gasteiger partial charge >= 0.3 is 0 Å². The molecule has 23 heavy (non-hydrogen) atoms. The Labute approximate surface area is 141 Å². The lowest BCUT2D eigenvalue weighted by atomic mass is 9.41. The fourth-order valence-corrected chi connectivity index (χ4v) is 10.9. The first-order valence-corrected chi connectivity index (χ1v) is 11.7. The van der Waals surface area contributed by atoms with E-state index in [4.69, 9.17) is 0 Å². The van der Waals surface area contributed by atoms with Crippen LogP contribution in [0.2, 0.25) is 0 Å². The van der Waals surface area contributed by atoms with Gasteiger partial charge in [0.05, 0.1) is 11.5 Å². The Morgan fingerprint density at radius 1 is 0.826 bits per heavy atom. The summed E-state index contributed by atoms with van der Waals surface area (Å²) in [6.07, 6.45) is 17.6. The second-order valence-corrected chi connectivity index (χ2v) is 11.5. The minimum atomic E-state index is -2.86. The summed E-state index contributed by atoms with van der Waals surface area (Å²) in [5.41, 5.74) is 0.200. The molecule has 1 heterocycles. The zero-order valence-electron chi connectivity index (χ0n) is 14.2. The number of fused-ring (bicyclic) bond motifs is 3. The van der Waals surface area contributed by atoms with E-state index in [-0.39, 0.29) is 10.8 Å². The van der Waals surface area contributed by atoms with E-state index in [9.17, 15) is 8.42 Å². The quantitative estimate of drug-likeness (QED) is 0.617. The highest BCUT2D eigenvalue weighted by Crippen LogP contribution is 2.70. The molecule has 0 bridgehead atoms. The van der Waals surface area contributed by atoms with Gasteiger partial charge in [-0.1, -0.05) is 31.4 Å². The average Bonchev–Trinajstić information content (AvgIpc) is 2.80. The van der Waals surface area contributed by atoms with Crippen molar-refractivity contribution in [2.75, 3.05) is 11.5 Å². The molecule has 1 aliphatic heterocycles. The van der Waals surface area contributed by atoms with Crippen molar-refractivity contribution in [3.8, 4) is 0 Å². The van der Waals surface area contributed by atoms with E-state index >= 15 is 0 Å². The van der Waals surface area contributed by atoms with Gasteiger partial charge in [0, 0.05) is 0 Å². The third-order valence-electron chi connectivity index (χ3n) is 8.66. The maximum atomic E-state index is 12.8. The van der Waals surface area contributed by atoms with E-state index in [1.807, 2.05) is 0 Å². The summed E-state index contributed by atoms with van der Waals surface area (Å²) in [5, 5.41) is 0. The van der Waals surface area contributed by atoms with Gasteiger partial charge in [0.15, 0.2) is 9.84 Å². The maximum absolute atomic E-state index is 12.8. The van der Waals surface area contributed by atoms with Crippen LogP contribution < -0.4 is 0 Å². The van der Waals surface area contributed by atoms with Crippen LogP contribution in [0.4, 0.5) is 0 Å². The predicted molar refractivity (Wildman–Crippen MR) is 92.8 cm³/mol. The third kappa shape index (κ3) is 1.95. The third-order valence-corrected chi connectivity index (χ3v) is 10.6. The second-order valence-electron chi connectivity index (χ2n) is 9.46. The highest BCUT2D eigenvalue weighted by molar-refractivity contribution is 7.91. The van der Waals surface area contributed by atoms with E-state index in [1.54, 1.807) is 0 Å². The van der Waals surface area contributed by atoms with Gasteiger partial charge in [0.25, 0.3) is 0 Å². The molecule has 3 heteroatoms. The Hall–Kier alpha value is -0.310. The van der Waals surface area contributed by atoms with Crippen molar-refractivity contribution in [2.45, 2.75) is 64.2 Å². The van der Waals surface area contributed by atoms with Crippen molar-refractivity contribution in [2.24, 2.45) is 34.5 Å². The molecule has 0 spiro atoms. The largest absolute Gasteiger partial charge is 0.229 e. The van der Waals surface area contributed by atoms with Crippen LogP contribution >= 0.6 is 0 Å². The van der Waals surface area contributed by atoms with Crippen LogP contribution in [0.15, 0.2) is 12.2 Å². The second kappa shape index (κ2) is 4.86. The first-order valence-electron chi connectivity index (χ1n) is 9.91. The molecule has 0 radical (unpaired) electrons. The van der Waals surface area contributed by atoms with Crippen molar-refractivity contribution >= 4 is 9.84 Å². The number of sulfone groups is 1. The summed E-state index contributed by atoms with van der Waals surface area (Å²) in [4.78, 5) is 0. The molecular formula is C20H30O2S. The van der Waals surface area contributed by atoms with Crippen LogP contribution in [0.3, 0.4) is 0 Å². The van der Waals surface area contributed by atoms with Gasteiger partial charge in [0.1, 0.15) is 0 Å². The summed E-state index contributed by atoms with van der Waals surface area (Å²) in [6, 6.07) is 0. The molecule has 0 amide bonds. The first kappa shape index (κ1) is 15.0. The Bertz CT molecular complexity index is 636. The monoisotopic (exact) mass is 334 g/mol. The Morgan fingerprint density at radius 2 is 1.61 bits per heavy atom. The smallest absolute Gasteiger partial charge is 0.151 e. The van der Waals surface area contributed by atoms with Gasteiger partial charge in [-0.05, 0) is 79.4 Å². The van der Waals surface area contributed by atoms with E-state index < -0.39 is 9.84 Å². The summed E-state index contributed by atoms with van der Waals surface area (Å²) < 4.78 is 25.5. The van der Waals surface area contributed by atoms with Gasteiger partial charge in [-0.15, -0.1) is 0 Å². The van der Waals surface area contributed by atoms with Crippen molar-refractivity contribution < 1.29 is 8.42 Å². The maximum Gasteiger partial charge on any atom is 0.151 e. The average molecular weight is 335 g/mol. The highest BCUT2D eigenvalue weighted by atomic mass is 32.2. The van der Waals surface area contributed by atoms with Crippen molar-refractivity contribution in [3.63, 3.8) is 0 Å². The van der Waals surface area contributed by atoms with Crippen LogP contribution in [0.25, 0.3) is 0 Å². The first-order chi connectivity index (χ1) is 11.1. The van der Waals surface area contributed by atoms with E-state index in [0.717, 1.165) is 30.6 Å². The fraction of sp³-hybridized carbons (Fsp3) is 0.900. The Kier molecular flexibility index (Phi) is 3.17. The molecule has 128 valence electrons. The van der Waals surface area contributed by atoms with Gasteiger partial charge in [-0.2, -0.15) is 0 Å². The van der Waals surface area contributed by atoms with Crippen LogP contribution in [0.1, 0.15) is 64.2 Å². The summed E-state index contributed by atoms with van der Waals surface area (Å²) in [5.74, 6) is 4.27. The molecule has 1 saturated heterocycles. The normalized spacial score (nSPS) is 53.7. The SMILES string of the molecule is O=S1(=O)C[C@]23CC=CC[C@]2(C1)[C@@H]1[C@H](CC[C@H]2CCCC[C@H]21)CC3. The molecule has 3 saturated carbocycles. The minimum Gasteiger partial charge on any atom is -0.229 e. The molecule has 0 unspecified atom stereocenters. The lowest BCUT2D eigenvalue weighted by molar-refractivity contribution is -0.125. The van der Waals surface area contributed by atoms with Crippen LogP contribution in [0.5, 0.6) is 0 Å². The molecule has 2 nitrogen and oxygen atoms in total. The predicted octanol–water partition coefficient (Wildman–Crippen LogP) is 4.36. The zero-order chi connectivity index (χ0) is 15.7. The Balaban J connectivity index is 1.64. The number of hydrogen-bond acceptors (Lipinski definition) is 2. The van der Waals surface area contributed by atoms with Crippen molar-refractivity contribution in [1.29, 1.82) is 0 Å². The molecule has 0 N–H and O–H groups in total. The zero-order valence-corrected chi connectivity index (χ0v) is 15.0. The van der Waals surface area contributed by atoms with Crippen LogP contribution in [-0.4, -0.2) is 19.9 Å². The molecule has 0 aromatic rings. The van der Waals surface area contributed by atoms with Crippen molar-refractivity contribution in [3.05, 3.63) is 12.2 Å².